The van der Waals surface area contributed by atoms with E-state index in [9.17, 15) is 22.4 Å². The lowest BCUT2D eigenvalue weighted by Crippen LogP contribution is -2.16. The second-order valence-electron chi connectivity index (χ2n) is 7.80. The third-order valence-corrected chi connectivity index (χ3v) is 5.45. The summed E-state index contributed by atoms with van der Waals surface area (Å²) in [5.74, 6) is -3.22. The van der Waals surface area contributed by atoms with Crippen LogP contribution in [-0.2, 0) is 6.18 Å². The highest BCUT2D eigenvalue weighted by Gasteiger charge is 2.31. The van der Waals surface area contributed by atoms with Crippen molar-refractivity contribution in [1.29, 1.82) is 0 Å². The highest BCUT2D eigenvalue weighted by atomic mass is 19.4. The predicted molar refractivity (Wildman–Crippen MR) is 126 cm³/mol. The number of rotatable bonds is 5. The fourth-order valence-electron chi connectivity index (χ4n) is 3.70. The normalized spacial score (nSPS) is 11.5. The number of aromatic amines is 1. The van der Waals surface area contributed by atoms with Gasteiger partial charge in [-0.05, 0) is 48.5 Å². The van der Waals surface area contributed by atoms with Crippen LogP contribution in [0.15, 0.2) is 73.3 Å². The molecule has 0 atom stereocenters. The lowest BCUT2D eigenvalue weighted by atomic mass is 10.1. The monoisotopic (exact) mass is 510 g/mol. The molecule has 0 bridgehead atoms. The molecule has 0 aliphatic rings. The Labute approximate surface area is 205 Å². The van der Waals surface area contributed by atoms with Gasteiger partial charge in [-0.15, -0.1) is 0 Å². The molecular formula is C25H15F5N6O. The zero-order valence-electron chi connectivity index (χ0n) is 18.6. The number of carbonyl (C=O) groups is 1. The molecule has 0 saturated carbocycles. The second-order valence-corrected chi connectivity index (χ2v) is 7.80. The molecule has 186 valence electrons. The van der Waals surface area contributed by atoms with Gasteiger partial charge in [0, 0.05) is 28.9 Å². The van der Waals surface area contributed by atoms with Crippen LogP contribution in [0.5, 0.6) is 0 Å². The first-order valence-electron chi connectivity index (χ1n) is 10.7. The van der Waals surface area contributed by atoms with Gasteiger partial charge in [0.25, 0.3) is 5.91 Å². The molecule has 0 saturated heterocycles. The average molecular weight is 510 g/mol. The van der Waals surface area contributed by atoms with Crippen molar-refractivity contribution in [3.8, 4) is 11.3 Å². The van der Waals surface area contributed by atoms with E-state index in [1.807, 2.05) is 5.32 Å². The number of alkyl halides is 3. The van der Waals surface area contributed by atoms with Crippen molar-refractivity contribution in [3.05, 3.63) is 96.1 Å². The quantitative estimate of drug-likeness (QED) is 0.241. The van der Waals surface area contributed by atoms with Gasteiger partial charge >= 0.3 is 6.18 Å². The van der Waals surface area contributed by atoms with Crippen LogP contribution in [0.4, 0.5) is 39.1 Å². The summed E-state index contributed by atoms with van der Waals surface area (Å²) >= 11 is 0. The zero-order chi connectivity index (χ0) is 26.2. The number of carbonyl (C=O) groups excluding carboxylic acids is 1. The Bertz CT molecular complexity index is 1630. The number of pyridine rings is 1. The number of benzene rings is 2. The number of fused-ring (bicyclic) bond motifs is 1. The number of amides is 1. The van der Waals surface area contributed by atoms with Crippen molar-refractivity contribution >= 4 is 34.1 Å². The van der Waals surface area contributed by atoms with Crippen molar-refractivity contribution in [2.45, 2.75) is 6.18 Å². The first-order valence-corrected chi connectivity index (χ1v) is 10.7. The van der Waals surface area contributed by atoms with Crippen LogP contribution in [-0.4, -0.2) is 25.8 Å². The van der Waals surface area contributed by atoms with E-state index >= 15 is 4.39 Å². The zero-order valence-corrected chi connectivity index (χ0v) is 18.6. The molecule has 2 aromatic carbocycles. The first-order chi connectivity index (χ1) is 17.7. The molecular weight excluding hydrogens is 495 g/mol. The Hall–Kier alpha value is -4.87. The number of hydrogen-bond donors (Lipinski definition) is 3. The number of aromatic nitrogens is 4. The van der Waals surface area contributed by atoms with Gasteiger partial charge in [-0.25, -0.2) is 23.7 Å². The van der Waals surface area contributed by atoms with Crippen LogP contribution in [0.3, 0.4) is 0 Å². The Balaban J connectivity index is 1.47. The van der Waals surface area contributed by atoms with E-state index in [1.165, 1.54) is 12.5 Å². The van der Waals surface area contributed by atoms with E-state index in [-0.39, 0.29) is 11.5 Å². The minimum Gasteiger partial charge on any atom is -0.346 e. The molecule has 0 aliphatic heterocycles. The van der Waals surface area contributed by atoms with Crippen LogP contribution < -0.4 is 10.6 Å². The van der Waals surface area contributed by atoms with Crippen LogP contribution >= 0.6 is 0 Å². The van der Waals surface area contributed by atoms with Gasteiger partial charge in [0.05, 0.1) is 16.9 Å². The maximum atomic E-state index is 15.3. The SMILES string of the molecule is O=C(Nc1c(F)ccc(Nc2ncccc2-c2ncnc3[nH]ccc23)c1F)c1cccc(C(F)(F)F)c1. The lowest BCUT2D eigenvalue weighted by Gasteiger charge is -2.15. The van der Waals surface area contributed by atoms with Crippen LogP contribution in [0, 0.1) is 11.6 Å². The fraction of sp³-hybridized carbons (Fsp3) is 0.0400. The number of H-pyrrole nitrogens is 1. The topological polar surface area (TPSA) is 95.6 Å². The summed E-state index contributed by atoms with van der Waals surface area (Å²) < 4.78 is 68.8. The Morgan fingerprint density at radius 2 is 1.78 bits per heavy atom. The average Bonchev–Trinajstić information content (AvgIpc) is 3.37. The lowest BCUT2D eigenvalue weighted by molar-refractivity contribution is -0.137. The molecule has 3 N–H and O–H groups in total. The van der Waals surface area contributed by atoms with Crippen molar-refractivity contribution in [2.24, 2.45) is 0 Å². The van der Waals surface area contributed by atoms with E-state index < -0.39 is 40.5 Å². The van der Waals surface area contributed by atoms with Gasteiger partial charge in [-0.2, -0.15) is 13.2 Å². The van der Waals surface area contributed by atoms with E-state index in [4.69, 9.17) is 0 Å². The number of hydrogen-bond acceptors (Lipinski definition) is 5. The largest absolute Gasteiger partial charge is 0.416 e. The molecule has 3 aromatic heterocycles. The Kier molecular flexibility index (Phi) is 5.99. The van der Waals surface area contributed by atoms with Crippen molar-refractivity contribution in [1.82, 2.24) is 19.9 Å². The Morgan fingerprint density at radius 1 is 0.946 bits per heavy atom. The van der Waals surface area contributed by atoms with E-state index in [1.54, 1.807) is 24.4 Å². The third kappa shape index (κ3) is 4.68. The summed E-state index contributed by atoms with van der Waals surface area (Å²) in [6.07, 6.45) is -0.193. The number of nitrogens with zero attached hydrogens (tertiary/aromatic N) is 3. The molecule has 12 heteroatoms. The number of halogens is 5. The Morgan fingerprint density at radius 3 is 2.59 bits per heavy atom. The molecule has 0 fully saturated rings. The summed E-state index contributed by atoms with van der Waals surface area (Å²) in [4.78, 5) is 28.2. The predicted octanol–water partition coefficient (Wildman–Crippen LogP) is 6.31. The summed E-state index contributed by atoms with van der Waals surface area (Å²) in [7, 11) is 0. The summed E-state index contributed by atoms with van der Waals surface area (Å²) in [6, 6.07) is 10.6. The molecule has 37 heavy (non-hydrogen) atoms. The minimum absolute atomic E-state index is 0.185. The van der Waals surface area contributed by atoms with Crippen molar-refractivity contribution in [2.75, 3.05) is 10.6 Å². The molecule has 0 spiro atoms. The van der Waals surface area contributed by atoms with Gasteiger partial charge in [0.2, 0.25) is 0 Å². The molecule has 0 unspecified atom stereocenters. The van der Waals surface area contributed by atoms with Gasteiger partial charge in [-0.3, -0.25) is 4.79 Å². The molecule has 0 aliphatic carbocycles. The van der Waals surface area contributed by atoms with E-state index in [0.29, 0.717) is 28.4 Å². The highest BCUT2D eigenvalue weighted by Crippen LogP contribution is 2.34. The molecule has 0 radical (unpaired) electrons. The van der Waals surface area contributed by atoms with Gasteiger partial charge < -0.3 is 15.6 Å². The first kappa shape index (κ1) is 23.9. The minimum atomic E-state index is -4.69. The smallest absolute Gasteiger partial charge is 0.346 e. The van der Waals surface area contributed by atoms with Crippen molar-refractivity contribution < 1.29 is 26.7 Å². The molecule has 3 heterocycles. The maximum Gasteiger partial charge on any atom is 0.416 e. The van der Waals surface area contributed by atoms with Gasteiger partial charge in [0.15, 0.2) is 5.82 Å². The maximum absolute atomic E-state index is 15.3. The number of nitrogens with one attached hydrogen (secondary N) is 3. The summed E-state index contributed by atoms with van der Waals surface area (Å²) in [5.41, 5.74) is -0.985. The highest BCUT2D eigenvalue weighted by molar-refractivity contribution is 6.05. The van der Waals surface area contributed by atoms with Crippen LogP contribution in [0.25, 0.3) is 22.3 Å². The summed E-state index contributed by atoms with van der Waals surface area (Å²) in [5, 5.41) is 5.49. The summed E-state index contributed by atoms with van der Waals surface area (Å²) in [6.45, 7) is 0. The standard InChI is InChI=1S/C25H15F5N6O/c26-17-6-7-18(19(27)21(17)36-24(37)13-3-1-4-14(11-13)25(28,29)30)35-23-15(5-2-9-31-23)20-16-8-10-32-22(16)34-12-33-20/h1-12H,(H,31,35)(H,36,37)(H,32,33,34). The van der Waals surface area contributed by atoms with Crippen LogP contribution in [0.1, 0.15) is 15.9 Å². The molecule has 5 rings (SSSR count). The van der Waals surface area contributed by atoms with E-state index in [0.717, 1.165) is 30.3 Å². The van der Waals surface area contributed by atoms with Gasteiger partial charge in [0.1, 0.15) is 29.3 Å². The third-order valence-electron chi connectivity index (χ3n) is 5.45. The van der Waals surface area contributed by atoms with Crippen molar-refractivity contribution in [3.63, 3.8) is 0 Å². The van der Waals surface area contributed by atoms with Gasteiger partial charge in [-0.1, -0.05) is 6.07 Å². The fourth-order valence-corrected chi connectivity index (χ4v) is 3.70. The van der Waals surface area contributed by atoms with E-state index in [2.05, 4.69) is 25.3 Å². The molecule has 1 amide bonds. The second kappa shape index (κ2) is 9.30. The molecule has 7 nitrogen and oxygen atoms in total. The number of anilines is 3. The molecule has 5 aromatic rings. The van der Waals surface area contributed by atoms with Crippen LogP contribution in [0.2, 0.25) is 0 Å².